The van der Waals surface area contributed by atoms with E-state index in [1.54, 1.807) is 6.07 Å². The molecule has 3 N–H and O–H groups in total. The summed E-state index contributed by atoms with van der Waals surface area (Å²) in [5.74, 6) is 0.0467. The zero-order valence-corrected chi connectivity index (χ0v) is 15.1. The van der Waals surface area contributed by atoms with Gasteiger partial charge in [-0.15, -0.1) is 0 Å². The highest BCUT2D eigenvalue weighted by Crippen LogP contribution is 2.27. The summed E-state index contributed by atoms with van der Waals surface area (Å²) in [5, 5.41) is 3.00. The van der Waals surface area contributed by atoms with Gasteiger partial charge in [0.1, 0.15) is 16.6 Å². The summed E-state index contributed by atoms with van der Waals surface area (Å²) >= 11 is 1.15. The van der Waals surface area contributed by atoms with Crippen LogP contribution >= 0.6 is 11.8 Å². The molecule has 0 saturated heterocycles. The Labute approximate surface area is 149 Å². The Balaban J connectivity index is 2.25. The zero-order valence-electron chi connectivity index (χ0n) is 14.3. The molecule has 1 aliphatic heterocycles. The van der Waals surface area contributed by atoms with E-state index in [1.165, 1.54) is 20.1 Å². The Morgan fingerprint density at radius 1 is 1.52 bits per heavy atom. The Morgan fingerprint density at radius 3 is 2.80 bits per heavy atom. The Morgan fingerprint density at radius 2 is 2.24 bits per heavy atom. The van der Waals surface area contributed by atoms with Gasteiger partial charge in [-0.25, -0.2) is 9.79 Å². The molecule has 0 fully saturated rings. The van der Waals surface area contributed by atoms with E-state index in [0.29, 0.717) is 12.2 Å². The summed E-state index contributed by atoms with van der Waals surface area (Å²) < 4.78 is 10.3. The van der Waals surface area contributed by atoms with Crippen LogP contribution in [0.4, 0.5) is 0 Å². The van der Waals surface area contributed by atoms with Crippen molar-refractivity contribution in [3.05, 3.63) is 28.3 Å². The fraction of sp³-hybridized carbons (Fsp3) is 0.500. The zero-order chi connectivity index (χ0) is 18.6. The van der Waals surface area contributed by atoms with Crippen LogP contribution in [0.5, 0.6) is 5.75 Å². The molecule has 1 aromatic rings. The van der Waals surface area contributed by atoms with Gasteiger partial charge in [0.15, 0.2) is 11.4 Å². The lowest BCUT2D eigenvalue weighted by Crippen LogP contribution is -2.54. The van der Waals surface area contributed by atoms with Crippen molar-refractivity contribution in [2.45, 2.75) is 38.4 Å². The summed E-state index contributed by atoms with van der Waals surface area (Å²) in [7, 11) is 1.44. The van der Waals surface area contributed by atoms with Gasteiger partial charge in [-0.3, -0.25) is 15.3 Å². The summed E-state index contributed by atoms with van der Waals surface area (Å²) in [6.07, 6.45) is 1.27. The van der Waals surface area contributed by atoms with Gasteiger partial charge in [-0.1, -0.05) is 25.1 Å². The standard InChI is InChI=1S/C16H21N3O5S/c1-4-5-11(12-6-10(23-3)7-13(21)24-12)18-15(22)16(17)8-25-14(19-16)9(2)20/h6-7,11H,4-5,8,17H2,1-3H3,(H,18,22)/t11-,16+/m1/s1. The normalized spacial score (nSPS) is 20.7. The Hall–Kier alpha value is -2.13. The molecule has 0 spiro atoms. The smallest absolute Gasteiger partial charge is 0.339 e. The van der Waals surface area contributed by atoms with Crippen molar-refractivity contribution < 1.29 is 18.7 Å². The van der Waals surface area contributed by atoms with Crippen LogP contribution in [0.25, 0.3) is 0 Å². The Bertz CT molecular complexity index is 760. The summed E-state index contributed by atoms with van der Waals surface area (Å²) in [6, 6.07) is 2.22. The number of thioether (sulfide) groups is 1. The van der Waals surface area contributed by atoms with E-state index in [2.05, 4.69) is 10.3 Å². The monoisotopic (exact) mass is 367 g/mol. The number of ether oxygens (including phenoxy) is 1. The second kappa shape index (κ2) is 7.83. The predicted molar refractivity (Wildman–Crippen MR) is 94.8 cm³/mol. The van der Waals surface area contributed by atoms with Crippen LogP contribution in [0, 0.1) is 0 Å². The molecule has 0 radical (unpaired) electrons. The van der Waals surface area contributed by atoms with Crippen LogP contribution in [0.2, 0.25) is 0 Å². The number of carbonyl (C=O) groups excluding carboxylic acids is 2. The fourth-order valence-electron chi connectivity index (χ4n) is 2.34. The molecule has 0 aromatic carbocycles. The second-order valence-corrected chi connectivity index (χ2v) is 6.68. The van der Waals surface area contributed by atoms with Crippen LogP contribution in [-0.2, 0) is 9.59 Å². The lowest BCUT2D eigenvalue weighted by Gasteiger charge is -2.23. The number of rotatable bonds is 7. The first-order valence-corrected chi connectivity index (χ1v) is 8.80. The van der Waals surface area contributed by atoms with Crippen LogP contribution in [0.15, 0.2) is 26.3 Å². The minimum Gasteiger partial charge on any atom is -0.496 e. The summed E-state index contributed by atoms with van der Waals surface area (Å²) in [4.78, 5) is 39.7. The summed E-state index contributed by atoms with van der Waals surface area (Å²) in [6.45, 7) is 3.31. The van der Waals surface area contributed by atoms with Gasteiger partial charge in [0, 0.05) is 18.7 Å². The minimum absolute atomic E-state index is 0.175. The second-order valence-electron chi connectivity index (χ2n) is 5.72. The molecule has 0 aliphatic carbocycles. The van der Waals surface area contributed by atoms with E-state index in [9.17, 15) is 14.4 Å². The van der Waals surface area contributed by atoms with Crippen molar-refractivity contribution in [1.29, 1.82) is 0 Å². The molecule has 0 saturated carbocycles. The average Bonchev–Trinajstić information content (AvgIpc) is 2.98. The van der Waals surface area contributed by atoms with Crippen molar-refractivity contribution >= 4 is 28.5 Å². The molecule has 25 heavy (non-hydrogen) atoms. The lowest BCUT2D eigenvalue weighted by molar-refractivity contribution is -0.126. The molecular formula is C16H21N3O5S. The van der Waals surface area contributed by atoms with Crippen LogP contribution in [0.3, 0.4) is 0 Å². The van der Waals surface area contributed by atoms with Crippen molar-refractivity contribution in [1.82, 2.24) is 5.32 Å². The Kier molecular flexibility index (Phi) is 6.02. The largest absolute Gasteiger partial charge is 0.496 e. The van der Waals surface area contributed by atoms with Crippen molar-refractivity contribution in [3.8, 4) is 5.75 Å². The number of hydrogen-bond donors (Lipinski definition) is 2. The van der Waals surface area contributed by atoms with Crippen molar-refractivity contribution in [2.75, 3.05) is 12.9 Å². The quantitative estimate of drug-likeness (QED) is 0.736. The lowest BCUT2D eigenvalue weighted by atomic mass is 10.1. The third kappa shape index (κ3) is 4.49. The molecule has 8 nitrogen and oxygen atoms in total. The highest BCUT2D eigenvalue weighted by atomic mass is 32.2. The molecule has 1 aliphatic rings. The minimum atomic E-state index is -1.52. The third-order valence-electron chi connectivity index (χ3n) is 3.65. The van der Waals surface area contributed by atoms with Gasteiger partial charge in [-0.2, -0.15) is 0 Å². The van der Waals surface area contributed by atoms with Gasteiger partial charge < -0.3 is 14.5 Å². The van der Waals surface area contributed by atoms with Crippen molar-refractivity contribution in [3.63, 3.8) is 0 Å². The molecular weight excluding hydrogens is 346 g/mol. The maximum absolute atomic E-state index is 12.6. The molecule has 2 rings (SSSR count). The number of nitrogens with zero attached hydrogens (tertiary/aromatic N) is 1. The average molecular weight is 367 g/mol. The molecule has 2 heterocycles. The fourth-order valence-corrected chi connectivity index (χ4v) is 3.32. The maximum atomic E-state index is 12.6. The molecule has 136 valence electrons. The van der Waals surface area contributed by atoms with E-state index >= 15 is 0 Å². The topological polar surface area (TPSA) is 124 Å². The van der Waals surface area contributed by atoms with Gasteiger partial charge in [0.25, 0.3) is 5.91 Å². The van der Waals surface area contributed by atoms with Gasteiger partial charge in [0.05, 0.1) is 19.2 Å². The number of ketones is 1. The summed E-state index contributed by atoms with van der Waals surface area (Å²) in [5.41, 5.74) is 3.96. The number of nitrogens with one attached hydrogen (secondary N) is 1. The van der Waals surface area contributed by atoms with Gasteiger partial charge in [-0.05, 0) is 6.42 Å². The third-order valence-corrected chi connectivity index (χ3v) is 4.89. The van der Waals surface area contributed by atoms with E-state index in [4.69, 9.17) is 14.9 Å². The molecule has 0 unspecified atom stereocenters. The SMILES string of the molecule is CCC[C@@H](NC(=O)[C@]1(N)CSC(C(C)=O)=N1)c1cc(OC)cc(=O)o1. The first kappa shape index (κ1) is 19.2. The first-order chi connectivity index (χ1) is 11.8. The van der Waals surface area contributed by atoms with E-state index in [-0.39, 0.29) is 22.3 Å². The maximum Gasteiger partial charge on any atom is 0.339 e. The molecule has 0 bridgehead atoms. The number of hydrogen-bond acceptors (Lipinski definition) is 8. The number of carbonyl (C=O) groups is 2. The van der Waals surface area contributed by atoms with Crippen molar-refractivity contribution in [2.24, 2.45) is 10.7 Å². The van der Waals surface area contributed by atoms with Gasteiger partial charge in [0.2, 0.25) is 0 Å². The van der Waals surface area contributed by atoms with E-state index in [0.717, 1.165) is 18.2 Å². The molecule has 2 atom stereocenters. The predicted octanol–water partition coefficient (Wildman–Crippen LogP) is 0.995. The van der Waals surface area contributed by atoms with Crippen LogP contribution in [-0.4, -0.2) is 35.3 Å². The van der Waals surface area contributed by atoms with Crippen LogP contribution in [0.1, 0.15) is 38.5 Å². The molecule has 1 aromatic heterocycles. The van der Waals surface area contributed by atoms with E-state index in [1.807, 2.05) is 6.92 Å². The first-order valence-electron chi connectivity index (χ1n) is 7.81. The van der Waals surface area contributed by atoms with E-state index < -0.39 is 23.2 Å². The number of methoxy groups -OCH3 is 1. The number of nitrogens with two attached hydrogens (primary N) is 1. The molecule has 1 amide bonds. The number of amides is 1. The number of aliphatic imine (C=N–C) groups is 1. The number of Topliss-reactive ketones (excluding diaryl/α,β-unsaturated/α-hetero) is 1. The molecule has 9 heteroatoms. The highest BCUT2D eigenvalue weighted by molar-refractivity contribution is 8.16. The van der Waals surface area contributed by atoms with Crippen LogP contribution < -0.4 is 21.4 Å². The highest BCUT2D eigenvalue weighted by Gasteiger charge is 2.41. The van der Waals surface area contributed by atoms with Gasteiger partial charge >= 0.3 is 5.63 Å².